The number of benzene rings is 3. The Morgan fingerprint density at radius 2 is 1.52 bits per heavy atom. The molecule has 0 radical (unpaired) electrons. The lowest BCUT2D eigenvalue weighted by atomic mass is 10.3. The lowest BCUT2D eigenvalue weighted by Gasteiger charge is -2.23. The van der Waals surface area contributed by atoms with Crippen molar-refractivity contribution in [1.82, 2.24) is 0 Å². The van der Waals surface area contributed by atoms with E-state index >= 15 is 0 Å². The van der Waals surface area contributed by atoms with E-state index in [0.29, 0.717) is 5.69 Å². The largest absolute Gasteiger partial charge is 0.494 e. The monoisotopic (exact) mass is 464 g/mol. The summed E-state index contributed by atoms with van der Waals surface area (Å²) in [5, 5.41) is 0. The summed E-state index contributed by atoms with van der Waals surface area (Å²) >= 11 is 0. The molecule has 0 aliphatic heterocycles. The molecule has 0 aliphatic carbocycles. The molecule has 7 nitrogen and oxygen atoms in total. The number of hydrogen-bond acceptors (Lipinski definition) is 5. The Bertz CT molecular complexity index is 1260. The van der Waals surface area contributed by atoms with Gasteiger partial charge in [-0.2, -0.15) is 0 Å². The summed E-state index contributed by atoms with van der Waals surface area (Å²) < 4.78 is 73.3. The normalized spacial score (nSPS) is 11.7. The van der Waals surface area contributed by atoms with E-state index < -0.39 is 25.9 Å². The second kappa shape index (κ2) is 8.94. The minimum Gasteiger partial charge on any atom is -0.494 e. The van der Waals surface area contributed by atoms with Gasteiger partial charge in [-0.1, -0.05) is 18.2 Å². The van der Waals surface area contributed by atoms with Crippen molar-refractivity contribution in [3.05, 3.63) is 78.6 Å². The van der Waals surface area contributed by atoms with Crippen LogP contribution in [0.25, 0.3) is 0 Å². The fourth-order valence-corrected chi connectivity index (χ4v) is 5.48. The predicted octanol–water partition coefficient (Wildman–Crippen LogP) is 3.85. The van der Waals surface area contributed by atoms with Crippen LogP contribution in [0.5, 0.6) is 5.75 Å². The lowest BCUT2D eigenvalue weighted by molar-refractivity contribution is 0.385. The highest BCUT2D eigenvalue weighted by atomic mass is 32.2. The molecule has 1 N–H and O–H groups in total. The first-order chi connectivity index (χ1) is 14.7. The summed E-state index contributed by atoms with van der Waals surface area (Å²) in [6, 6.07) is 17.2. The summed E-state index contributed by atoms with van der Waals surface area (Å²) in [7, 11) is -6.64. The highest BCUT2D eigenvalue weighted by Crippen LogP contribution is 2.26. The number of nitrogens with zero attached hydrogens (tertiary/aromatic N) is 1. The van der Waals surface area contributed by atoms with Crippen molar-refractivity contribution in [3.63, 3.8) is 0 Å². The average molecular weight is 465 g/mol. The molecule has 0 spiro atoms. The van der Waals surface area contributed by atoms with Crippen LogP contribution in [-0.4, -0.2) is 30.5 Å². The Kier molecular flexibility index (Phi) is 6.51. The van der Waals surface area contributed by atoms with Gasteiger partial charge in [-0.05, 0) is 61.5 Å². The smallest absolute Gasteiger partial charge is 0.264 e. The van der Waals surface area contributed by atoms with Crippen LogP contribution in [0.3, 0.4) is 0 Å². The second-order valence-corrected chi connectivity index (χ2v) is 9.98. The third-order valence-electron chi connectivity index (χ3n) is 4.46. The fraction of sp³-hybridized carbons (Fsp3) is 0.143. The molecule has 0 amide bonds. The molecular weight excluding hydrogens is 443 g/mol. The van der Waals surface area contributed by atoms with E-state index in [9.17, 15) is 21.2 Å². The third kappa shape index (κ3) is 4.80. The molecule has 164 valence electrons. The van der Waals surface area contributed by atoms with Crippen LogP contribution < -0.4 is 13.8 Å². The van der Waals surface area contributed by atoms with Gasteiger partial charge in [0.25, 0.3) is 20.0 Å². The minimum absolute atomic E-state index is 0.0108. The van der Waals surface area contributed by atoms with Gasteiger partial charge in [-0.3, -0.25) is 9.03 Å². The van der Waals surface area contributed by atoms with Gasteiger partial charge < -0.3 is 4.74 Å². The summed E-state index contributed by atoms with van der Waals surface area (Å²) in [6.07, 6.45) is 0. The van der Waals surface area contributed by atoms with Crippen molar-refractivity contribution in [2.45, 2.75) is 16.7 Å². The van der Waals surface area contributed by atoms with Crippen LogP contribution in [0.1, 0.15) is 6.92 Å². The van der Waals surface area contributed by atoms with Gasteiger partial charge in [0.05, 0.1) is 22.6 Å². The molecule has 0 atom stereocenters. The van der Waals surface area contributed by atoms with Crippen LogP contribution in [-0.2, 0) is 20.0 Å². The van der Waals surface area contributed by atoms with Gasteiger partial charge in [0.2, 0.25) is 0 Å². The first-order valence-corrected chi connectivity index (χ1v) is 12.2. The van der Waals surface area contributed by atoms with Gasteiger partial charge in [0, 0.05) is 12.2 Å². The van der Waals surface area contributed by atoms with E-state index in [1.807, 2.05) is 0 Å². The topological polar surface area (TPSA) is 92.8 Å². The summed E-state index contributed by atoms with van der Waals surface area (Å²) in [5.41, 5.74) is 0.661. The molecule has 0 aromatic heterocycles. The maximum atomic E-state index is 13.9. The van der Waals surface area contributed by atoms with E-state index in [1.165, 1.54) is 47.8 Å². The molecule has 10 heteroatoms. The summed E-state index contributed by atoms with van der Waals surface area (Å²) in [4.78, 5) is -0.277. The number of ether oxygens (including phenoxy) is 1. The first-order valence-electron chi connectivity index (χ1n) is 9.23. The molecule has 31 heavy (non-hydrogen) atoms. The molecule has 0 saturated heterocycles. The van der Waals surface area contributed by atoms with Crippen LogP contribution in [0.4, 0.5) is 15.8 Å². The van der Waals surface area contributed by atoms with Gasteiger partial charge in [0.15, 0.2) is 11.6 Å². The Morgan fingerprint density at radius 1 is 0.903 bits per heavy atom. The predicted molar refractivity (Wildman–Crippen MR) is 117 cm³/mol. The van der Waals surface area contributed by atoms with Gasteiger partial charge in [-0.25, -0.2) is 21.2 Å². The van der Waals surface area contributed by atoms with E-state index in [2.05, 4.69) is 4.72 Å². The van der Waals surface area contributed by atoms with Crippen LogP contribution in [0.15, 0.2) is 82.6 Å². The molecule has 0 saturated carbocycles. The van der Waals surface area contributed by atoms with E-state index in [0.717, 1.165) is 6.07 Å². The summed E-state index contributed by atoms with van der Waals surface area (Å²) in [5.74, 6) is -0.889. The quantitative estimate of drug-likeness (QED) is 0.547. The van der Waals surface area contributed by atoms with E-state index in [1.54, 1.807) is 37.3 Å². The molecular formula is C21H21FN2O5S2. The highest BCUT2D eigenvalue weighted by molar-refractivity contribution is 7.93. The number of halogens is 1. The zero-order chi connectivity index (χ0) is 22.6. The molecule has 0 fully saturated rings. The fourth-order valence-electron chi connectivity index (χ4n) is 2.94. The van der Waals surface area contributed by atoms with Gasteiger partial charge in [0.1, 0.15) is 0 Å². The van der Waals surface area contributed by atoms with Crippen LogP contribution in [0.2, 0.25) is 0 Å². The molecule has 0 bridgehead atoms. The molecule has 0 heterocycles. The zero-order valence-electron chi connectivity index (χ0n) is 16.8. The van der Waals surface area contributed by atoms with Gasteiger partial charge in [-0.15, -0.1) is 0 Å². The highest BCUT2D eigenvalue weighted by Gasteiger charge is 2.24. The number of rotatable bonds is 8. The number of anilines is 2. The molecule has 3 aromatic carbocycles. The lowest BCUT2D eigenvalue weighted by Crippen LogP contribution is -2.30. The number of nitrogens with one attached hydrogen (secondary N) is 1. The first kappa shape index (κ1) is 22.6. The maximum absolute atomic E-state index is 13.9. The second-order valence-electron chi connectivity index (χ2n) is 6.43. The Labute approximate surface area is 181 Å². The van der Waals surface area contributed by atoms with Crippen LogP contribution >= 0.6 is 0 Å². The third-order valence-corrected chi connectivity index (χ3v) is 7.76. The van der Waals surface area contributed by atoms with Crippen molar-refractivity contribution < 1.29 is 26.0 Å². The SMILES string of the molecule is CCN(c1ccccc1)S(=O)(=O)c1ccc(NS(=O)(=O)c2ccc(OC)c(F)c2)cc1. The van der Waals surface area contributed by atoms with Crippen molar-refractivity contribution >= 4 is 31.4 Å². The van der Waals surface area contributed by atoms with E-state index in [-0.39, 0.29) is 27.8 Å². The zero-order valence-corrected chi connectivity index (χ0v) is 18.5. The Hall–Kier alpha value is -3.11. The number of methoxy groups -OCH3 is 1. The van der Waals surface area contributed by atoms with Crippen LogP contribution in [0, 0.1) is 5.82 Å². The summed E-state index contributed by atoms with van der Waals surface area (Å²) in [6.45, 7) is 1.95. The molecule has 3 aromatic rings. The average Bonchev–Trinajstić information content (AvgIpc) is 2.75. The Balaban J connectivity index is 1.85. The van der Waals surface area contributed by atoms with Gasteiger partial charge >= 0.3 is 0 Å². The maximum Gasteiger partial charge on any atom is 0.264 e. The van der Waals surface area contributed by atoms with E-state index in [4.69, 9.17) is 4.74 Å². The van der Waals surface area contributed by atoms with Crippen molar-refractivity contribution in [2.24, 2.45) is 0 Å². The van der Waals surface area contributed by atoms with Crippen molar-refractivity contribution in [2.75, 3.05) is 22.7 Å². The Morgan fingerprint density at radius 3 is 2.06 bits per heavy atom. The van der Waals surface area contributed by atoms with Crippen molar-refractivity contribution in [3.8, 4) is 5.75 Å². The number of para-hydroxylation sites is 1. The number of sulfonamides is 2. The number of hydrogen-bond donors (Lipinski definition) is 1. The minimum atomic E-state index is -4.08. The standard InChI is InChI=1S/C21H21FN2O5S2/c1-3-24(17-7-5-4-6-8-17)31(27,28)18-11-9-16(10-12-18)23-30(25,26)19-13-14-21(29-2)20(22)15-19/h4-15,23H,3H2,1-2H3. The molecule has 0 unspecified atom stereocenters. The molecule has 0 aliphatic rings. The molecule has 3 rings (SSSR count). The van der Waals surface area contributed by atoms with Crippen molar-refractivity contribution in [1.29, 1.82) is 0 Å².